The van der Waals surface area contributed by atoms with Gasteiger partial charge in [0.1, 0.15) is 11.6 Å². The minimum Gasteiger partial charge on any atom is -0.367 e. The summed E-state index contributed by atoms with van der Waals surface area (Å²) in [5, 5.41) is 13.4. The van der Waals surface area contributed by atoms with Crippen LogP contribution in [0.5, 0.6) is 0 Å². The van der Waals surface area contributed by atoms with Gasteiger partial charge in [-0.1, -0.05) is 61.3 Å². The molecule has 9 heteroatoms. The quantitative estimate of drug-likeness (QED) is 0.271. The number of halogens is 2. The fourth-order valence-corrected chi connectivity index (χ4v) is 5.16. The number of nitrogens with one attached hydrogen (secondary N) is 2. The summed E-state index contributed by atoms with van der Waals surface area (Å²) < 4.78 is 1.79. The molecule has 1 amide bonds. The standard InChI is InChI=1S/C28H30Cl2N6O/c1-3-17(2)25-34-26(21-16-31-36(27(21)35-25)24-11-7-6-10-23(24)30)32-18-12-14-19(15-13-18)33-28(37)20-8-4-5-9-22(20)29/h4-11,16-19H,3,12-15H2,1-2H3,(H,33,37)(H,32,34,35). The number of carbonyl (C=O) groups is 1. The zero-order valence-corrected chi connectivity index (χ0v) is 22.4. The van der Waals surface area contributed by atoms with Crippen LogP contribution in [0.25, 0.3) is 16.7 Å². The lowest BCUT2D eigenvalue weighted by atomic mass is 9.91. The first-order valence-corrected chi connectivity index (χ1v) is 13.5. The maximum absolute atomic E-state index is 12.7. The van der Waals surface area contributed by atoms with Crippen molar-refractivity contribution in [3.63, 3.8) is 0 Å². The molecule has 2 aromatic carbocycles. The lowest BCUT2D eigenvalue weighted by Gasteiger charge is -2.30. The second-order valence-electron chi connectivity index (χ2n) is 9.63. The molecule has 192 valence electrons. The van der Waals surface area contributed by atoms with E-state index < -0.39 is 0 Å². The summed E-state index contributed by atoms with van der Waals surface area (Å²) in [6.45, 7) is 4.27. The van der Waals surface area contributed by atoms with Gasteiger partial charge in [-0.25, -0.2) is 14.6 Å². The molecule has 2 N–H and O–H groups in total. The van der Waals surface area contributed by atoms with Gasteiger partial charge in [0.2, 0.25) is 0 Å². The van der Waals surface area contributed by atoms with Crippen molar-refractivity contribution in [3.05, 3.63) is 76.2 Å². The van der Waals surface area contributed by atoms with Gasteiger partial charge >= 0.3 is 0 Å². The minimum atomic E-state index is -0.121. The van der Waals surface area contributed by atoms with Crippen molar-refractivity contribution < 1.29 is 4.79 Å². The Bertz CT molecular complexity index is 1410. The molecule has 1 fully saturated rings. The van der Waals surface area contributed by atoms with Crippen molar-refractivity contribution in [2.75, 3.05) is 5.32 Å². The number of para-hydroxylation sites is 1. The van der Waals surface area contributed by atoms with E-state index in [1.165, 1.54) is 0 Å². The molecule has 0 radical (unpaired) electrons. The van der Waals surface area contributed by atoms with Crippen LogP contribution in [0.1, 0.15) is 68.1 Å². The molecule has 2 heterocycles. The average molecular weight is 537 g/mol. The molecule has 7 nitrogen and oxygen atoms in total. The van der Waals surface area contributed by atoms with Gasteiger partial charge in [0.25, 0.3) is 5.91 Å². The van der Waals surface area contributed by atoms with E-state index >= 15 is 0 Å². The second-order valence-corrected chi connectivity index (χ2v) is 10.4. The van der Waals surface area contributed by atoms with Gasteiger partial charge < -0.3 is 10.6 Å². The molecule has 2 aromatic heterocycles. The third-order valence-electron chi connectivity index (χ3n) is 7.10. The third-order valence-corrected chi connectivity index (χ3v) is 7.75. The van der Waals surface area contributed by atoms with Crippen LogP contribution in [0.15, 0.2) is 54.7 Å². The van der Waals surface area contributed by atoms with Crippen molar-refractivity contribution in [1.29, 1.82) is 0 Å². The van der Waals surface area contributed by atoms with Crippen LogP contribution in [-0.2, 0) is 0 Å². The highest BCUT2D eigenvalue weighted by molar-refractivity contribution is 6.33. The van der Waals surface area contributed by atoms with E-state index in [1.807, 2.05) is 36.4 Å². The number of carbonyl (C=O) groups excluding carboxylic acids is 1. The normalized spacial score (nSPS) is 18.5. The van der Waals surface area contributed by atoms with Crippen LogP contribution < -0.4 is 10.6 Å². The predicted molar refractivity (Wildman–Crippen MR) is 149 cm³/mol. The van der Waals surface area contributed by atoms with Gasteiger partial charge in [0.05, 0.1) is 32.9 Å². The number of anilines is 1. The molecule has 0 spiro atoms. The molecule has 0 saturated heterocycles. The number of hydrogen-bond donors (Lipinski definition) is 2. The van der Waals surface area contributed by atoms with Crippen LogP contribution in [0.2, 0.25) is 10.0 Å². The Hall–Kier alpha value is -3.16. The maximum Gasteiger partial charge on any atom is 0.253 e. The highest BCUT2D eigenvalue weighted by Gasteiger charge is 2.25. The lowest BCUT2D eigenvalue weighted by molar-refractivity contribution is 0.0926. The predicted octanol–water partition coefficient (Wildman–Crippen LogP) is 6.79. The SMILES string of the molecule is CCC(C)c1nc(NC2CCC(NC(=O)c3ccccc3Cl)CC2)c2cnn(-c3ccccc3Cl)c2n1. The van der Waals surface area contributed by atoms with Crippen molar-refractivity contribution in [3.8, 4) is 5.69 Å². The molecule has 1 aliphatic rings. The first-order chi connectivity index (χ1) is 17.9. The van der Waals surface area contributed by atoms with Crippen molar-refractivity contribution in [2.24, 2.45) is 0 Å². The first kappa shape index (κ1) is 25.5. The van der Waals surface area contributed by atoms with Crippen molar-refractivity contribution >= 4 is 46.0 Å². The zero-order chi connectivity index (χ0) is 25.9. The van der Waals surface area contributed by atoms with Gasteiger partial charge in [-0.05, 0) is 56.4 Å². The molecule has 0 bridgehead atoms. The summed E-state index contributed by atoms with van der Waals surface area (Å²) in [5.41, 5.74) is 2.04. The topological polar surface area (TPSA) is 84.7 Å². The number of fused-ring (bicyclic) bond motifs is 1. The van der Waals surface area contributed by atoms with E-state index in [-0.39, 0.29) is 23.9 Å². The molecule has 4 aromatic rings. The summed E-state index contributed by atoms with van der Waals surface area (Å²) in [7, 11) is 0. The second kappa shape index (κ2) is 11.1. The van der Waals surface area contributed by atoms with Gasteiger partial charge in [-0.2, -0.15) is 5.10 Å². The maximum atomic E-state index is 12.7. The average Bonchev–Trinajstić information content (AvgIpc) is 3.34. The summed E-state index contributed by atoms with van der Waals surface area (Å²) in [4.78, 5) is 22.5. The summed E-state index contributed by atoms with van der Waals surface area (Å²) in [6.07, 6.45) is 6.31. The Morgan fingerprint density at radius 2 is 1.68 bits per heavy atom. The summed E-state index contributed by atoms with van der Waals surface area (Å²) >= 11 is 12.7. The third kappa shape index (κ3) is 5.43. The van der Waals surface area contributed by atoms with E-state index in [2.05, 4.69) is 29.6 Å². The lowest BCUT2D eigenvalue weighted by Crippen LogP contribution is -2.40. The number of rotatable bonds is 7. The van der Waals surface area contributed by atoms with E-state index in [4.69, 9.17) is 33.2 Å². The van der Waals surface area contributed by atoms with Crippen LogP contribution in [0.4, 0.5) is 5.82 Å². The van der Waals surface area contributed by atoms with Gasteiger partial charge in [-0.15, -0.1) is 0 Å². The highest BCUT2D eigenvalue weighted by Crippen LogP contribution is 2.30. The van der Waals surface area contributed by atoms with Crippen LogP contribution in [0, 0.1) is 0 Å². The molecule has 1 atom stereocenters. The number of hydrogen-bond acceptors (Lipinski definition) is 5. The monoisotopic (exact) mass is 536 g/mol. The highest BCUT2D eigenvalue weighted by atomic mass is 35.5. The number of aromatic nitrogens is 4. The molecule has 1 unspecified atom stereocenters. The Morgan fingerprint density at radius 1 is 1.00 bits per heavy atom. The molecular weight excluding hydrogens is 507 g/mol. The fraction of sp³-hybridized carbons (Fsp3) is 0.357. The van der Waals surface area contributed by atoms with Gasteiger partial charge in [0.15, 0.2) is 5.65 Å². The molecular formula is C28H30Cl2N6O. The van der Waals surface area contributed by atoms with Gasteiger partial charge in [-0.3, -0.25) is 4.79 Å². The molecule has 0 aliphatic heterocycles. The smallest absolute Gasteiger partial charge is 0.253 e. The van der Waals surface area contributed by atoms with Gasteiger partial charge in [0, 0.05) is 18.0 Å². The number of benzene rings is 2. The van der Waals surface area contributed by atoms with Crippen LogP contribution in [0.3, 0.4) is 0 Å². The zero-order valence-electron chi connectivity index (χ0n) is 20.9. The fourth-order valence-electron chi connectivity index (χ4n) is 4.72. The Balaban J connectivity index is 1.34. The van der Waals surface area contributed by atoms with Crippen LogP contribution in [-0.4, -0.2) is 37.7 Å². The summed E-state index contributed by atoms with van der Waals surface area (Å²) in [5.74, 6) is 1.66. The van der Waals surface area contributed by atoms with E-state index in [9.17, 15) is 4.79 Å². The molecule has 1 aliphatic carbocycles. The number of nitrogens with zero attached hydrogens (tertiary/aromatic N) is 4. The Morgan fingerprint density at radius 3 is 2.38 bits per heavy atom. The Kier molecular flexibility index (Phi) is 7.63. The van der Waals surface area contributed by atoms with E-state index in [0.29, 0.717) is 15.6 Å². The van der Waals surface area contributed by atoms with Crippen molar-refractivity contribution in [1.82, 2.24) is 25.1 Å². The Labute approximate surface area is 226 Å². The van der Waals surface area contributed by atoms with E-state index in [1.54, 1.807) is 23.0 Å². The molecule has 37 heavy (non-hydrogen) atoms. The number of amides is 1. The minimum absolute atomic E-state index is 0.117. The molecule has 1 saturated carbocycles. The summed E-state index contributed by atoms with van der Waals surface area (Å²) in [6, 6.07) is 15.1. The molecule has 5 rings (SSSR count). The largest absolute Gasteiger partial charge is 0.367 e. The first-order valence-electron chi connectivity index (χ1n) is 12.8. The van der Waals surface area contributed by atoms with E-state index in [0.717, 1.165) is 60.5 Å². The van der Waals surface area contributed by atoms with Crippen molar-refractivity contribution in [2.45, 2.75) is 64.0 Å². The van der Waals surface area contributed by atoms with Crippen LogP contribution >= 0.6 is 23.2 Å².